The fourth-order valence-corrected chi connectivity index (χ4v) is 1.69. The van der Waals surface area contributed by atoms with Crippen LogP contribution in [-0.2, 0) is 11.2 Å². The number of halogens is 1. The summed E-state index contributed by atoms with van der Waals surface area (Å²) >= 11 is 1.14. The van der Waals surface area contributed by atoms with Gasteiger partial charge in [-0.1, -0.05) is 0 Å². The molecule has 2 heterocycles. The zero-order chi connectivity index (χ0) is 12.1. The predicted octanol–water partition coefficient (Wildman–Crippen LogP) is 2.05. The molecule has 0 bridgehead atoms. The van der Waals surface area contributed by atoms with Crippen molar-refractivity contribution in [2.75, 3.05) is 13.7 Å². The normalized spacial score (nSPS) is 10.5. The first kappa shape index (κ1) is 11.9. The smallest absolute Gasteiger partial charge is 0.298 e. The number of hydrogen-bond acceptors (Lipinski definition) is 6. The van der Waals surface area contributed by atoms with E-state index in [4.69, 9.17) is 9.47 Å². The molecule has 0 amide bonds. The number of ether oxygens (including phenoxy) is 2. The molecule has 90 valence electrons. The third-order valence-corrected chi connectivity index (χ3v) is 2.52. The van der Waals surface area contributed by atoms with Crippen molar-refractivity contribution in [1.82, 2.24) is 14.3 Å². The van der Waals surface area contributed by atoms with Crippen LogP contribution in [0.1, 0.15) is 5.82 Å². The SMILES string of the molecule is COCCc1nsc(Oc2ccc(F)nc2)n1. The van der Waals surface area contributed by atoms with Crippen molar-refractivity contribution in [1.29, 1.82) is 0 Å². The van der Waals surface area contributed by atoms with Gasteiger partial charge in [-0.15, -0.1) is 0 Å². The summed E-state index contributed by atoms with van der Waals surface area (Å²) in [5, 5.41) is 0.407. The molecule has 0 fully saturated rings. The molecule has 0 N–H and O–H groups in total. The van der Waals surface area contributed by atoms with Gasteiger partial charge in [0.2, 0.25) is 5.95 Å². The van der Waals surface area contributed by atoms with Gasteiger partial charge in [-0.05, 0) is 12.1 Å². The lowest BCUT2D eigenvalue weighted by Crippen LogP contribution is -1.96. The Hall–Kier alpha value is -1.60. The van der Waals surface area contributed by atoms with Gasteiger partial charge in [-0.25, -0.2) is 4.98 Å². The van der Waals surface area contributed by atoms with Gasteiger partial charge in [-0.2, -0.15) is 13.7 Å². The number of nitrogens with zero attached hydrogens (tertiary/aromatic N) is 3. The van der Waals surface area contributed by atoms with E-state index in [1.807, 2.05) is 0 Å². The van der Waals surface area contributed by atoms with Crippen LogP contribution in [0.3, 0.4) is 0 Å². The maximum Gasteiger partial charge on any atom is 0.298 e. The molecular formula is C10H10FN3O2S. The molecule has 2 rings (SSSR count). The van der Waals surface area contributed by atoms with E-state index < -0.39 is 5.95 Å². The lowest BCUT2D eigenvalue weighted by Gasteiger charge is -1.98. The van der Waals surface area contributed by atoms with E-state index in [0.29, 0.717) is 29.8 Å². The first-order chi connectivity index (χ1) is 8.28. The third-order valence-electron chi connectivity index (χ3n) is 1.88. The molecular weight excluding hydrogens is 245 g/mol. The summed E-state index contributed by atoms with van der Waals surface area (Å²) in [6, 6.07) is 2.71. The van der Waals surface area contributed by atoms with E-state index in [1.165, 1.54) is 18.3 Å². The highest BCUT2D eigenvalue weighted by Gasteiger charge is 2.06. The van der Waals surface area contributed by atoms with Crippen LogP contribution in [0.2, 0.25) is 0 Å². The van der Waals surface area contributed by atoms with E-state index in [2.05, 4.69) is 14.3 Å². The minimum absolute atomic E-state index is 0.407. The summed E-state index contributed by atoms with van der Waals surface area (Å²) in [5.74, 6) is 0.554. The van der Waals surface area contributed by atoms with E-state index in [9.17, 15) is 4.39 Å². The van der Waals surface area contributed by atoms with Crippen molar-refractivity contribution in [3.63, 3.8) is 0 Å². The highest BCUT2D eigenvalue weighted by Crippen LogP contribution is 2.22. The largest absolute Gasteiger partial charge is 0.428 e. The number of aromatic nitrogens is 3. The zero-order valence-electron chi connectivity index (χ0n) is 9.09. The molecule has 0 aliphatic heterocycles. The van der Waals surface area contributed by atoms with Crippen molar-refractivity contribution in [2.45, 2.75) is 6.42 Å². The molecule has 0 spiro atoms. The Balaban J connectivity index is 1.98. The Morgan fingerprint density at radius 2 is 2.29 bits per heavy atom. The number of pyridine rings is 1. The standard InChI is InChI=1S/C10H10FN3O2S/c1-15-5-4-9-13-10(17-14-9)16-7-2-3-8(11)12-6-7/h2-3,6H,4-5H2,1H3. The molecule has 2 aromatic heterocycles. The molecule has 7 heteroatoms. The van der Waals surface area contributed by atoms with Gasteiger partial charge in [-0.3, -0.25) is 0 Å². The van der Waals surface area contributed by atoms with Gasteiger partial charge >= 0.3 is 0 Å². The van der Waals surface area contributed by atoms with Gasteiger partial charge < -0.3 is 9.47 Å². The van der Waals surface area contributed by atoms with Crippen LogP contribution in [0.4, 0.5) is 4.39 Å². The first-order valence-corrected chi connectivity index (χ1v) is 5.66. The number of methoxy groups -OCH3 is 1. The topological polar surface area (TPSA) is 57.1 Å². The maximum absolute atomic E-state index is 12.6. The Bertz CT molecular complexity index is 475. The van der Waals surface area contributed by atoms with Crippen LogP contribution >= 0.6 is 11.5 Å². The van der Waals surface area contributed by atoms with E-state index in [0.717, 1.165) is 11.5 Å². The molecule has 0 aliphatic rings. The fourth-order valence-electron chi connectivity index (χ4n) is 1.10. The van der Waals surface area contributed by atoms with Gasteiger partial charge in [0.05, 0.1) is 12.8 Å². The summed E-state index contributed by atoms with van der Waals surface area (Å²) in [6.45, 7) is 0.564. The molecule has 0 saturated carbocycles. The molecule has 0 saturated heterocycles. The van der Waals surface area contributed by atoms with Crippen LogP contribution in [-0.4, -0.2) is 28.1 Å². The van der Waals surface area contributed by atoms with Crippen molar-refractivity contribution in [3.05, 3.63) is 30.1 Å². The van der Waals surface area contributed by atoms with Crippen LogP contribution in [0.5, 0.6) is 10.9 Å². The van der Waals surface area contributed by atoms with Crippen molar-refractivity contribution >= 4 is 11.5 Å². The Morgan fingerprint density at radius 1 is 1.41 bits per heavy atom. The highest BCUT2D eigenvalue weighted by atomic mass is 32.1. The van der Waals surface area contributed by atoms with Crippen molar-refractivity contribution in [3.8, 4) is 10.9 Å². The Kier molecular flexibility index (Phi) is 3.94. The summed E-state index contributed by atoms with van der Waals surface area (Å²) < 4.78 is 26.9. The molecule has 0 aliphatic carbocycles. The second-order valence-electron chi connectivity index (χ2n) is 3.14. The lowest BCUT2D eigenvalue weighted by atomic mass is 10.4. The van der Waals surface area contributed by atoms with Crippen LogP contribution in [0.15, 0.2) is 18.3 Å². The summed E-state index contributed by atoms with van der Waals surface area (Å²) in [5.41, 5.74) is 0. The first-order valence-electron chi connectivity index (χ1n) is 4.89. The maximum atomic E-state index is 12.6. The second kappa shape index (κ2) is 5.65. The number of rotatable bonds is 5. The average Bonchev–Trinajstić information content (AvgIpc) is 2.77. The molecule has 17 heavy (non-hydrogen) atoms. The molecule has 2 aromatic rings. The lowest BCUT2D eigenvalue weighted by molar-refractivity contribution is 0.200. The van der Waals surface area contributed by atoms with Gasteiger partial charge in [0, 0.05) is 25.1 Å². The number of hydrogen-bond donors (Lipinski definition) is 0. The fraction of sp³-hybridized carbons (Fsp3) is 0.300. The van der Waals surface area contributed by atoms with E-state index >= 15 is 0 Å². The summed E-state index contributed by atoms with van der Waals surface area (Å²) in [4.78, 5) is 7.63. The Morgan fingerprint density at radius 3 is 3.00 bits per heavy atom. The average molecular weight is 255 g/mol. The van der Waals surface area contributed by atoms with E-state index in [-0.39, 0.29) is 0 Å². The van der Waals surface area contributed by atoms with E-state index in [1.54, 1.807) is 7.11 Å². The van der Waals surface area contributed by atoms with Crippen LogP contribution in [0, 0.1) is 5.95 Å². The molecule has 0 atom stereocenters. The van der Waals surface area contributed by atoms with Gasteiger partial charge in [0.25, 0.3) is 5.19 Å². The minimum Gasteiger partial charge on any atom is -0.428 e. The van der Waals surface area contributed by atoms with Crippen LogP contribution in [0.25, 0.3) is 0 Å². The monoisotopic (exact) mass is 255 g/mol. The van der Waals surface area contributed by atoms with Crippen LogP contribution < -0.4 is 4.74 Å². The summed E-state index contributed by atoms with van der Waals surface area (Å²) in [7, 11) is 1.62. The summed E-state index contributed by atoms with van der Waals surface area (Å²) in [6.07, 6.45) is 1.93. The second-order valence-corrected chi connectivity index (χ2v) is 3.85. The molecule has 5 nitrogen and oxygen atoms in total. The quantitative estimate of drug-likeness (QED) is 0.765. The Labute approximate surface area is 101 Å². The van der Waals surface area contributed by atoms with Crippen molar-refractivity contribution < 1.29 is 13.9 Å². The predicted molar refractivity (Wildman–Crippen MR) is 59.8 cm³/mol. The third kappa shape index (κ3) is 3.43. The van der Waals surface area contributed by atoms with Gasteiger partial charge in [0.15, 0.2) is 0 Å². The van der Waals surface area contributed by atoms with Gasteiger partial charge in [0.1, 0.15) is 11.6 Å². The molecule has 0 aromatic carbocycles. The van der Waals surface area contributed by atoms with Crippen molar-refractivity contribution in [2.24, 2.45) is 0 Å². The highest BCUT2D eigenvalue weighted by molar-refractivity contribution is 7.07. The molecule has 0 radical (unpaired) electrons. The zero-order valence-corrected chi connectivity index (χ0v) is 9.91. The molecule has 0 unspecified atom stereocenters. The minimum atomic E-state index is -0.546.